The Morgan fingerprint density at radius 1 is 1.28 bits per heavy atom. The quantitative estimate of drug-likeness (QED) is 0.901. The Hall–Kier alpha value is -0.620. The van der Waals surface area contributed by atoms with Crippen LogP contribution in [0.4, 0.5) is 0 Å². The molecule has 0 heterocycles. The van der Waals surface area contributed by atoms with Gasteiger partial charge in [0.15, 0.2) is 0 Å². The smallest absolute Gasteiger partial charge is 0.242 e. The highest BCUT2D eigenvalue weighted by Gasteiger charge is 2.26. The Bertz CT molecular complexity index is 497. The van der Waals surface area contributed by atoms with E-state index in [1.165, 1.54) is 16.4 Å². The fourth-order valence-electron chi connectivity index (χ4n) is 1.54. The van der Waals surface area contributed by atoms with Crippen LogP contribution in [0.3, 0.4) is 0 Å². The summed E-state index contributed by atoms with van der Waals surface area (Å²) in [4.78, 5) is 0.238. The van der Waals surface area contributed by atoms with E-state index in [9.17, 15) is 8.42 Å². The summed E-state index contributed by atoms with van der Waals surface area (Å²) in [5.74, 6) is 0. The maximum atomic E-state index is 12.3. The lowest BCUT2D eigenvalue weighted by molar-refractivity contribution is 0.292. The maximum Gasteiger partial charge on any atom is 0.242 e. The monoisotopic (exact) mass is 290 g/mol. The first-order chi connectivity index (χ1) is 8.19. The molecular formula is C12H19ClN2O2S. The van der Waals surface area contributed by atoms with E-state index in [0.29, 0.717) is 18.1 Å². The van der Waals surface area contributed by atoms with Gasteiger partial charge in [0.25, 0.3) is 0 Å². The first-order valence-corrected chi connectivity index (χ1v) is 7.43. The SMILES string of the molecule is CN(CC(C)(C)CN)S(=O)(=O)c1ccc(Cl)cc1. The maximum absolute atomic E-state index is 12.3. The van der Waals surface area contributed by atoms with E-state index in [-0.39, 0.29) is 10.3 Å². The number of rotatable bonds is 5. The summed E-state index contributed by atoms with van der Waals surface area (Å²) in [5.41, 5.74) is 5.36. The number of hydrogen-bond acceptors (Lipinski definition) is 3. The average molecular weight is 291 g/mol. The van der Waals surface area contributed by atoms with Gasteiger partial charge >= 0.3 is 0 Å². The first kappa shape index (κ1) is 15.4. The normalized spacial score (nSPS) is 13.0. The van der Waals surface area contributed by atoms with Gasteiger partial charge in [0.05, 0.1) is 4.90 Å². The van der Waals surface area contributed by atoms with Crippen molar-refractivity contribution in [2.75, 3.05) is 20.1 Å². The number of hydrogen-bond donors (Lipinski definition) is 1. The molecule has 102 valence electrons. The molecule has 4 nitrogen and oxygen atoms in total. The predicted octanol–water partition coefficient (Wildman–Crippen LogP) is 1.95. The van der Waals surface area contributed by atoms with Gasteiger partial charge in [-0.25, -0.2) is 12.7 Å². The Morgan fingerprint density at radius 3 is 2.22 bits per heavy atom. The summed E-state index contributed by atoms with van der Waals surface area (Å²) in [6.07, 6.45) is 0. The number of nitrogens with two attached hydrogens (primary N) is 1. The van der Waals surface area contributed by atoms with Gasteiger partial charge < -0.3 is 5.73 Å². The molecule has 0 unspecified atom stereocenters. The molecule has 0 saturated heterocycles. The van der Waals surface area contributed by atoms with Crippen molar-refractivity contribution < 1.29 is 8.42 Å². The Kier molecular flexibility index (Phi) is 4.78. The van der Waals surface area contributed by atoms with Crippen molar-refractivity contribution in [1.82, 2.24) is 4.31 Å². The third-order valence-corrected chi connectivity index (χ3v) is 4.79. The molecule has 0 bridgehead atoms. The fourth-order valence-corrected chi connectivity index (χ4v) is 3.02. The summed E-state index contributed by atoms with van der Waals surface area (Å²) >= 11 is 5.75. The standard InChI is InChI=1S/C12H19ClN2O2S/c1-12(2,8-14)9-15(3)18(16,17)11-6-4-10(13)5-7-11/h4-7H,8-9,14H2,1-3H3. The molecule has 6 heteroatoms. The molecule has 2 N–H and O–H groups in total. The van der Waals surface area contributed by atoms with Gasteiger partial charge in [-0.2, -0.15) is 0 Å². The third-order valence-electron chi connectivity index (χ3n) is 2.73. The van der Waals surface area contributed by atoms with Crippen molar-refractivity contribution in [3.63, 3.8) is 0 Å². The Morgan fingerprint density at radius 2 is 1.78 bits per heavy atom. The van der Waals surface area contributed by atoms with Gasteiger partial charge in [-0.1, -0.05) is 25.4 Å². The van der Waals surface area contributed by atoms with Gasteiger partial charge in [-0.05, 0) is 36.2 Å². The molecule has 0 atom stereocenters. The van der Waals surface area contributed by atoms with Crippen LogP contribution < -0.4 is 5.73 Å². The largest absolute Gasteiger partial charge is 0.330 e. The minimum absolute atomic E-state index is 0.238. The number of nitrogens with zero attached hydrogens (tertiary/aromatic N) is 1. The van der Waals surface area contributed by atoms with Crippen LogP contribution in [-0.4, -0.2) is 32.9 Å². The topological polar surface area (TPSA) is 63.4 Å². The first-order valence-electron chi connectivity index (χ1n) is 5.61. The van der Waals surface area contributed by atoms with E-state index in [1.807, 2.05) is 13.8 Å². The minimum atomic E-state index is -3.48. The van der Waals surface area contributed by atoms with E-state index < -0.39 is 10.0 Å². The lowest BCUT2D eigenvalue weighted by Gasteiger charge is -2.28. The average Bonchev–Trinajstić information content (AvgIpc) is 2.29. The summed E-state index contributed by atoms with van der Waals surface area (Å²) < 4.78 is 25.9. The second kappa shape index (κ2) is 5.57. The molecule has 0 aromatic heterocycles. The lowest BCUT2D eigenvalue weighted by Crippen LogP contribution is -2.39. The number of halogens is 1. The zero-order valence-corrected chi connectivity index (χ0v) is 12.4. The molecule has 0 aliphatic heterocycles. The van der Waals surface area contributed by atoms with Crippen molar-refractivity contribution in [1.29, 1.82) is 0 Å². The van der Waals surface area contributed by atoms with E-state index in [1.54, 1.807) is 19.2 Å². The molecule has 1 rings (SSSR count). The molecular weight excluding hydrogens is 272 g/mol. The van der Waals surface area contributed by atoms with Crippen molar-refractivity contribution in [2.24, 2.45) is 11.1 Å². The van der Waals surface area contributed by atoms with Gasteiger partial charge in [-0.15, -0.1) is 0 Å². The summed E-state index contributed by atoms with van der Waals surface area (Å²) in [6, 6.07) is 6.14. The third kappa shape index (κ3) is 3.68. The summed E-state index contributed by atoms with van der Waals surface area (Å²) in [6.45, 7) is 4.66. The Balaban J connectivity index is 2.97. The summed E-state index contributed by atoms with van der Waals surface area (Å²) in [7, 11) is -1.92. The van der Waals surface area contributed by atoms with Crippen LogP contribution in [0.1, 0.15) is 13.8 Å². The second-order valence-electron chi connectivity index (χ2n) is 5.08. The van der Waals surface area contributed by atoms with E-state index in [2.05, 4.69) is 0 Å². The molecule has 1 aromatic rings. The van der Waals surface area contributed by atoms with Crippen LogP contribution in [0.15, 0.2) is 29.2 Å². The number of benzene rings is 1. The molecule has 0 aliphatic carbocycles. The van der Waals surface area contributed by atoms with Crippen LogP contribution in [0.25, 0.3) is 0 Å². The molecule has 0 amide bonds. The molecule has 0 saturated carbocycles. The Labute approximate surface area is 114 Å². The van der Waals surface area contributed by atoms with Crippen molar-refractivity contribution >= 4 is 21.6 Å². The van der Waals surface area contributed by atoms with E-state index >= 15 is 0 Å². The van der Waals surface area contributed by atoms with Gasteiger partial charge in [0.2, 0.25) is 10.0 Å². The van der Waals surface area contributed by atoms with Crippen LogP contribution in [0, 0.1) is 5.41 Å². The minimum Gasteiger partial charge on any atom is -0.330 e. The number of sulfonamides is 1. The summed E-state index contributed by atoms with van der Waals surface area (Å²) in [5, 5.41) is 0.513. The molecule has 0 radical (unpaired) electrons. The van der Waals surface area contributed by atoms with Crippen LogP contribution in [0.5, 0.6) is 0 Å². The highest BCUT2D eigenvalue weighted by molar-refractivity contribution is 7.89. The zero-order chi connectivity index (χ0) is 14.0. The van der Waals surface area contributed by atoms with E-state index in [0.717, 1.165) is 0 Å². The highest BCUT2D eigenvalue weighted by atomic mass is 35.5. The molecule has 0 spiro atoms. The van der Waals surface area contributed by atoms with Crippen LogP contribution in [-0.2, 0) is 10.0 Å². The van der Waals surface area contributed by atoms with Crippen LogP contribution in [0.2, 0.25) is 5.02 Å². The van der Waals surface area contributed by atoms with Crippen molar-refractivity contribution in [3.8, 4) is 0 Å². The van der Waals surface area contributed by atoms with Gasteiger partial charge in [0, 0.05) is 18.6 Å². The van der Waals surface area contributed by atoms with Crippen molar-refractivity contribution in [3.05, 3.63) is 29.3 Å². The van der Waals surface area contributed by atoms with Gasteiger partial charge in [-0.3, -0.25) is 0 Å². The zero-order valence-electron chi connectivity index (χ0n) is 10.9. The van der Waals surface area contributed by atoms with Gasteiger partial charge in [0.1, 0.15) is 0 Å². The van der Waals surface area contributed by atoms with Crippen LogP contribution >= 0.6 is 11.6 Å². The lowest BCUT2D eigenvalue weighted by atomic mass is 9.94. The molecule has 0 aliphatic rings. The second-order valence-corrected chi connectivity index (χ2v) is 7.56. The van der Waals surface area contributed by atoms with Crippen molar-refractivity contribution in [2.45, 2.75) is 18.7 Å². The van der Waals surface area contributed by atoms with E-state index in [4.69, 9.17) is 17.3 Å². The predicted molar refractivity (Wildman–Crippen MR) is 74.1 cm³/mol. The molecule has 0 fully saturated rings. The molecule has 1 aromatic carbocycles. The molecule has 18 heavy (non-hydrogen) atoms. The highest BCUT2D eigenvalue weighted by Crippen LogP contribution is 2.21. The fraction of sp³-hybridized carbons (Fsp3) is 0.500.